The number of rotatable bonds is 7. The summed E-state index contributed by atoms with van der Waals surface area (Å²) in [6.45, 7) is -0.383. The zero-order valence-corrected chi connectivity index (χ0v) is 20.1. The van der Waals surface area contributed by atoms with Gasteiger partial charge in [0.1, 0.15) is 18.7 Å². The highest BCUT2D eigenvalue weighted by Crippen LogP contribution is 2.41. The molecule has 10 heteroatoms. The highest BCUT2D eigenvalue weighted by Gasteiger charge is 2.52. The molecule has 8 nitrogen and oxygen atoms in total. The second-order valence-corrected chi connectivity index (χ2v) is 8.81. The van der Waals surface area contributed by atoms with Crippen molar-refractivity contribution in [2.24, 2.45) is 0 Å². The first-order valence-electron chi connectivity index (χ1n) is 11.6. The molecular formula is C26H27F2N3O5. The maximum absolute atomic E-state index is 14.5. The number of carbonyl (C=O) groups excluding carboxylic acids is 2. The lowest BCUT2D eigenvalue weighted by atomic mass is 10.1. The number of benzene rings is 2. The van der Waals surface area contributed by atoms with Crippen LogP contribution in [0.4, 0.5) is 8.78 Å². The predicted molar refractivity (Wildman–Crippen MR) is 125 cm³/mol. The van der Waals surface area contributed by atoms with E-state index in [1.54, 1.807) is 0 Å². The fourth-order valence-electron chi connectivity index (χ4n) is 4.65. The van der Waals surface area contributed by atoms with Gasteiger partial charge in [-0.1, -0.05) is 30.3 Å². The minimum Gasteiger partial charge on any atom is -0.493 e. The van der Waals surface area contributed by atoms with Crippen molar-refractivity contribution in [3.05, 3.63) is 53.6 Å². The molecule has 36 heavy (non-hydrogen) atoms. The molecule has 2 heterocycles. The Hall–Kier alpha value is -3.87. The van der Waals surface area contributed by atoms with E-state index in [1.165, 1.54) is 31.3 Å². The minimum atomic E-state index is -3.23. The fourth-order valence-corrected chi connectivity index (χ4v) is 4.65. The summed E-state index contributed by atoms with van der Waals surface area (Å²) in [5, 5.41) is 9.33. The zero-order valence-electron chi connectivity index (χ0n) is 20.1. The van der Waals surface area contributed by atoms with Gasteiger partial charge in [-0.05, 0) is 30.5 Å². The van der Waals surface area contributed by atoms with Crippen molar-refractivity contribution in [1.82, 2.24) is 9.80 Å². The van der Waals surface area contributed by atoms with Crippen LogP contribution < -0.4 is 14.2 Å². The molecule has 2 amide bonds. The van der Waals surface area contributed by atoms with Crippen molar-refractivity contribution in [2.45, 2.75) is 43.9 Å². The van der Waals surface area contributed by atoms with Crippen LogP contribution >= 0.6 is 0 Å². The van der Waals surface area contributed by atoms with Gasteiger partial charge < -0.3 is 24.0 Å². The van der Waals surface area contributed by atoms with Gasteiger partial charge in [-0.15, -0.1) is 0 Å². The second-order valence-electron chi connectivity index (χ2n) is 8.81. The Morgan fingerprint density at radius 2 is 1.78 bits per heavy atom. The van der Waals surface area contributed by atoms with Gasteiger partial charge in [0.2, 0.25) is 11.7 Å². The molecule has 0 bridgehead atoms. The molecular weight excluding hydrogens is 472 g/mol. The van der Waals surface area contributed by atoms with E-state index in [9.17, 15) is 23.6 Å². The number of carbonyl (C=O) groups is 2. The van der Waals surface area contributed by atoms with Crippen LogP contribution in [0.3, 0.4) is 0 Å². The van der Waals surface area contributed by atoms with Crippen LogP contribution in [0.25, 0.3) is 0 Å². The summed E-state index contributed by atoms with van der Waals surface area (Å²) in [5.74, 6) is -3.99. The summed E-state index contributed by atoms with van der Waals surface area (Å²) in [6.07, 6.45) is 0.302. The van der Waals surface area contributed by atoms with Crippen LogP contribution in [0, 0.1) is 11.3 Å². The standard InChI is InChI=1S/C26H27F2N3O5/c1-34-21-11-18(12-22(35-2)23(21)36-15-17-7-4-3-5-8-17)24(32)31-16-26(27,28)13-20(31)25(33)30-10-6-9-19(30)14-29/h3-5,7-8,11-12,19-20H,6,9-10,13,15-16H2,1-2H3/t19-,20-/m0/s1. The third kappa shape index (κ3) is 5.05. The van der Waals surface area contributed by atoms with E-state index in [2.05, 4.69) is 0 Å². The predicted octanol–water partition coefficient (Wildman–Crippen LogP) is 3.65. The maximum Gasteiger partial charge on any atom is 0.267 e. The Balaban J connectivity index is 1.61. The number of hydrogen-bond acceptors (Lipinski definition) is 6. The van der Waals surface area contributed by atoms with E-state index in [0.29, 0.717) is 19.4 Å². The van der Waals surface area contributed by atoms with Gasteiger partial charge in [-0.3, -0.25) is 9.59 Å². The van der Waals surface area contributed by atoms with Gasteiger partial charge in [0.05, 0.1) is 26.8 Å². The highest BCUT2D eigenvalue weighted by molar-refractivity contribution is 5.99. The molecule has 0 saturated carbocycles. The van der Waals surface area contributed by atoms with Crippen molar-refractivity contribution in [3.63, 3.8) is 0 Å². The molecule has 0 N–H and O–H groups in total. The van der Waals surface area contributed by atoms with E-state index in [0.717, 1.165) is 10.5 Å². The lowest BCUT2D eigenvalue weighted by Gasteiger charge is -2.29. The smallest absolute Gasteiger partial charge is 0.267 e. The molecule has 2 fully saturated rings. The first-order valence-corrected chi connectivity index (χ1v) is 11.6. The highest BCUT2D eigenvalue weighted by atomic mass is 19.3. The van der Waals surface area contributed by atoms with E-state index in [1.807, 2.05) is 36.4 Å². The summed E-state index contributed by atoms with van der Waals surface area (Å²) in [6, 6.07) is 12.2. The van der Waals surface area contributed by atoms with Crippen molar-refractivity contribution in [3.8, 4) is 23.3 Å². The Morgan fingerprint density at radius 3 is 2.39 bits per heavy atom. The summed E-state index contributed by atoms with van der Waals surface area (Å²) in [7, 11) is 2.79. The van der Waals surface area contributed by atoms with Crippen LogP contribution in [0.15, 0.2) is 42.5 Å². The van der Waals surface area contributed by atoms with Gasteiger partial charge in [0, 0.05) is 18.5 Å². The number of hydrogen-bond donors (Lipinski definition) is 0. The monoisotopic (exact) mass is 499 g/mol. The van der Waals surface area contributed by atoms with E-state index in [-0.39, 0.29) is 29.4 Å². The number of nitrogens with zero attached hydrogens (tertiary/aromatic N) is 3. The number of ether oxygens (including phenoxy) is 3. The summed E-state index contributed by atoms with van der Waals surface area (Å²) in [4.78, 5) is 28.8. The topological polar surface area (TPSA) is 92.1 Å². The van der Waals surface area contributed by atoms with Gasteiger partial charge in [-0.25, -0.2) is 8.78 Å². The fraction of sp³-hybridized carbons (Fsp3) is 0.423. The minimum absolute atomic E-state index is 0.0181. The number of amides is 2. The molecule has 0 aromatic heterocycles. The first-order chi connectivity index (χ1) is 17.3. The van der Waals surface area contributed by atoms with Crippen molar-refractivity contribution >= 4 is 11.8 Å². The molecule has 2 aliphatic rings. The van der Waals surface area contributed by atoms with E-state index >= 15 is 0 Å². The van der Waals surface area contributed by atoms with Crippen molar-refractivity contribution in [1.29, 1.82) is 5.26 Å². The van der Waals surface area contributed by atoms with Crippen LogP contribution in [-0.2, 0) is 11.4 Å². The van der Waals surface area contributed by atoms with Crippen LogP contribution in [-0.4, -0.2) is 66.9 Å². The number of halogens is 2. The molecule has 4 rings (SSSR count). The van der Waals surface area contributed by atoms with E-state index < -0.39 is 42.8 Å². The lowest BCUT2D eigenvalue weighted by molar-refractivity contribution is -0.135. The molecule has 0 unspecified atom stereocenters. The SMILES string of the molecule is COc1cc(C(=O)N2CC(F)(F)C[C@H]2C(=O)N2CCC[C@H]2C#N)cc(OC)c1OCc1ccccc1. The Kier molecular flexibility index (Phi) is 7.29. The van der Waals surface area contributed by atoms with Gasteiger partial charge in [-0.2, -0.15) is 5.26 Å². The average molecular weight is 500 g/mol. The molecule has 2 saturated heterocycles. The van der Waals surface area contributed by atoms with Crippen molar-refractivity contribution in [2.75, 3.05) is 27.3 Å². The molecule has 0 spiro atoms. The molecule has 2 atom stereocenters. The Morgan fingerprint density at radius 1 is 1.11 bits per heavy atom. The van der Waals surface area contributed by atoms with Gasteiger partial charge in [0.15, 0.2) is 11.5 Å². The summed E-state index contributed by atoms with van der Waals surface area (Å²) in [5.41, 5.74) is 0.921. The van der Waals surface area contributed by atoms with E-state index in [4.69, 9.17) is 14.2 Å². The Labute approximate surface area is 207 Å². The zero-order chi connectivity index (χ0) is 25.9. The summed E-state index contributed by atoms with van der Waals surface area (Å²) >= 11 is 0. The normalized spacial score (nSPS) is 20.6. The summed E-state index contributed by atoms with van der Waals surface area (Å²) < 4.78 is 45.7. The van der Waals surface area contributed by atoms with Crippen LogP contribution in [0.1, 0.15) is 35.2 Å². The largest absolute Gasteiger partial charge is 0.493 e. The number of alkyl halides is 2. The number of nitriles is 1. The van der Waals surface area contributed by atoms with Gasteiger partial charge in [0.25, 0.3) is 11.8 Å². The molecule has 2 aliphatic heterocycles. The quantitative estimate of drug-likeness (QED) is 0.578. The molecule has 190 valence electrons. The molecule has 2 aromatic rings. The number of likely N-dealkylation sites (tertiary alicyclic amines) is 2. The van der Waals surface area contributed by atoms with Crippen molar-refractivity contribution < 1.29 is 32.6 Å². The maximum atomic E-state index is 14.5. The Bertz CT molecular complexity index is 1140. The molecule has 2 aromatic carbocycles. The molecule has 0 aliphatic carbocycles. The van der Waals surface area contributed by atoms with Gasteiger partial charge >= 0.3 is 0 Å². The molecule has 0 radical (unpaired) electrons. The first kappa shape index (κ1) is 25.2. The third-order valence-corrected chi connectivity index (χ3v) is 6.43. The average Bonchev–Trinajstić information content (AvgIpc) is 3.50. The van der Waals surface area contributed by atoms with Crippen LogP contribution in [0.5, 0.6) is 17.2 Å². The third-order valence-electron chi connectivity index (χ3n) is 6.43. The van der Waals surface area contributed by atoms with Crippen LogP contribution in [0.2, 0.25) is 0 Å². The second kappa shape index (κ2) is 10.4. The lowest BCUT2D eigenvalue weighted by Crippen LogP contribution is -2.49. The number of methoxy groups -OCH3 is 2.